The van der Waals surface area contributed by atoms with Gasteiger partial charge in [0.15, 0.2) is 16.9 Å². The van der Waals surface area contributed by atoms with Crippen LogP contribution in [-0.4, -0.2) is 15.8 Å². The molecule has 2 rings (SSSR count). The zero-order valence-electron chi connectivity index (χ0n) is 8.58. The molecule has 1 atom stereocenters. The van der Waals surface area contributed by atoms with Gasteiger partial charge in [0.25, 0.3) is 0 Å². The van der Waals surface area contributed by atoms with E-state index in [1.54, 1.807) is 13.0 Å². The zero-order chi connectivity index (χ0) is 12.8. The van der Waals surface area contributed by atoms with Gasteiger partial charge in [-0.1, -0.05) is 6.07 Å². The van der Waals surface area contributed by atoms with Crippen molar-refractivity contribution < 1.29 is 23.8 Å². The second-order valence-electron chi connectivity index (χ2n) is 3.49. The Morgan fingerprint density at radius 1 is 1.53 bits per heavy atom. The van der Waals surface area contributed by atoms with Crippen LogP contribution in [0.2, 0.25) is 0 Å². The molecule has 17 heavy (non-hydrogen) atoms. The van der Waals surface area contributed by atoms with E-state index >= 15 is 0 Å². The lowest BCUT2D eigenvalue weighted by Gasteiger charge is -2.13. The fraction of sp³-hybridized carbons (Fsp3) is 0.222. The minimum Gasteiger partial charge on any atom is -0.421 e. The van der Waals surface area contributed by atoms with Gasteiger partial charge >= 0.3 is 12.7 Å². The van der Waals surface area contributed by atoms with E-state index in [2.05, 4.69) is 11.8 Å². The molecule has 0 amide bonds. The maximum Gasteiger partial charge on any atom is 0.375 e. The third-order valence-electron chi connectivity index (χ3n) is 2.26. The Kier molecular flexibility index (Phi) is 3.18. The highest BCUT2D eigenvalue weighted by atomic mass is 35.5. The number of carbonyl (C=O) groups is 1. The number of carbonyl (C=O) groups excluding carboxylic acids is 1. The van der Waals surface area contributed by atoms with E-state index in [4.69, 9.17) is 30.6 Å². The van der Waals surface area contributed by atoms with Gasteiger partial charge in [0, 0.05) is 17.4 Å². The molecule has 8 heteroatoms. The van der Waals surface area contributed by atoms with Gasteiger partial charge in [-0.15, -0.1) is 11.6 Å². The molecule has 0 aliphatic carbocycles. The Morgan fingerprint density at radius 3 is 2.76 bits per heavy atom. The lowest BCUT2D eigenvalue weighted by molar-refractivity contribution is -0.132. The summed E-state index contributed by atoms with van der Waals surface area (Å²) in [7, 11) is 0. The van der Waals surface area contributed by atoms with Crippen molar-refractivity contribution in [1.29, 1.82) is 0 Å². The highest BCUT2D eigenvalue weighted by molar-refractivity contribution is 8.06. The molecule has 1 heterocycles. The average molecular weight is 295 g/mol. The first-order valence-electron chi connectivity index (χ1n) is 4.54. The summed E-state index contributed by atoms with van der Waals surface area (Å²) in [6.45, 7) is -2.12. The van der Waals surface area contributed by atoms with Crippen molar-refractivity contribution in [3.05, 3.63) is 23.3 Å². The SMILES string of the molecule is Cc1ccc(OP(O)(O)=S)c2c1C(Cl)C(=O)O2. The van der Waals surface area contributed by atoms with Gasteiger partial charge in [0.1, 0.15) is 0 Å². The Morgan fingerprint density at radius 2 is 2.18 bits per heavy atom. The van der Waals surface area contributed by atoms with E-state index < -0.39 is 18.1 Å². The summed E-state index contributed by atoms with van der Waals surface area (Å²) in [5.41, 5.74) is 1.22. The van der Waals surface area contributed by atoms with E-state index in [0.717, 1.165) is 5.56 Å². The molecular formula is C9H8ClO5PS. The fourth-order valence-corrected chi connectivity index (χ4v) is 2.53. The van der Waals surface area contributed by atoms with Crippen LogP contribution in [0.1, 0.15) is 16.5 Å². The number of fused-ring (bicyclic) bond motifs is 1. The minimum atomic E-state index is -3.88. The van der Waals surface area contributed by atoms with Crippen LogP contribution < -0.4 is 9.26 Å². The Balaban J connectivity index is 2.53. The fourth-order valence-electron chi connectivity index (χ4n) is 1.57. The number of aryl methyl sites for hydroxylation is 1. The van der Waals surface area contributed by atoms with Gasteiger partial charge in [-0.3, -0.25) is 0 Å². The minimum absolute atomic E-state index is 0.00966. The molecular weight excluding hydrogens is 287 g/mol. The topological polar surface area (TPSA) is 76.0 Å². The molecule has 1 aliphatic heterocycles. The van der Waals surface area contributed by atoms with Crippen LogP contribution in [0.3, 0.4) is 0 Å². The zero-order valence-corrected chi connectivity index (χ0v) is 11.1. The van der Waals surface area contributed by atoms with Crippen LogP contribution in [0, 0.1) is 6.92 Å². The second-order valence-corrected chi connectivity index (χ2v) is 6.52. The van der Waals surface area contributed by atoms with Crippen LogP contribution in [-0.2, 0) is 16.6 Å². The van der Waals surface area contributed by atoms with Crippen LogP contribution in [0.25, 0.3) is 0 Å². The predicted octanol–water partition coefficient (Wildman–Crippen LogP) is 1.78. The third kappa shape index (κ3) is 2.46. The van der Waals surface area contributed by atoms with Crippen molar-refractivity contribution in [3.8, 4) is 11.5 Å². The van der Waals surface area contributed by atoms with Gasteiger partial charge in [-0.05, 0) is 18.6 Å². The Bertz CT molecular complexity index is 540. The highest BCUT2D eigenvalue weighted by Gasteiger charge is 2.36. The van der Waals surface area contributed by atoms with Crippen molar-refractivity contribution in [2.24, 2.45) is 0 Å². The van der Waals surface area contributed by atoms with Gasteiger partial charge in [-0.25, -0.2) is 4.79 Å². The normalized spacial score (nSPS) is 18.8. The first kappa shape index (κ1) is 12.8. The average Bonchev–Trinajstić information content (AvgIpc) is 2.48. The summed E-state index contributed by atoms with van der Waals surface area (Å²) in [4.78, 5) is 29.5. The molecule has 1 aliphatic rings. The molecule has 0 saturated carbocycles. The van der Waals surface area contributed by atoms with Crippen LogP contribution in [0.4, 0.5) is 0 Å². The van der Waals surface area contributed by atoms with E-state index in [1.165, 1.54) is 6.07 Å². The van der Waals surface area contributed by atoms with E-state index in [1.807, 2.05) is 0 Å². The summed E-state index contributed by atoms with van der Waals surface area (Å²) in [5, 5.41) is -0.913. The van der Waals surface area contributed by atoms with E-state index in [-0.39, 0.29) is 11.5 Å². The quantitative estimate of drug-likeness (QED) is 0.375. The molecule has 0 saturated heterocycles. The highest BCUT2D eigenvalue weighted by Crippen LogP contribution is 2.49. The standard InChI is InChI=1S/C9H8ClO5PS/c1-4-2-3-5(15-16(12,13)17)8-6(4)7(10)9(11)14-8/h2-3,7H,1H3,(H2,12,13,17). The monoisotopic (exact) mass is 294 g/mol. The molecule has 0 spiro atoms. The number of benzene rings is 1. The summed E-state index contributed by atoms with van der Waals surface area (Å²) in [5.74, 6) is -0.507. The summed E-state index contributed by atoms with van der Waals surface area (Å²) in [6.07, 6.45) is 0. The molecule has 92 valence electrons. The lowest BCUT2D eigenvalue weighted by atomic mass is 10.1. The number of ether oxygens (including phenoxy) is 1. The summed E-state index contributed by atoms with van der Waals surface area (Å²) in [6, 6.07) is 3.08. The first-order chi connectivity index (χ1) is 7.79. The molecule has 1 unspecified atom stereocenters. The van der Waals surface area contributed by atoms with Crippen molar-refractivity contribution in [1.82, 2.24) is 0 Å². The number of esters is 1. The summed E-state index contributed by atoms with van der Waals surface area (Å²) < 4.78 is 9.73. The number of hydrogen-bond acceptors (Lipinski definition) is 4. The van der Waals surface area contributed by atoms with Crippen molar-refractivity contribution in [3.63, 3.8) is 0 Å². The van der Waals surface area contributed by atoms with Crippen LogP contribution in [0.5, 0.6) is 11.5 Å². The van der Waals surface area contributed by atoms with E-state index in [0.29, 0.717) is 5.56 Å². The number of halogens is 1. The molecule has 1 aromatic rings. The molecule has 2 N–H and O–H groups in total. The lowest BCUT2D eigenvalue weighted by Crippen LogP contribution is -2.04. The van der Waals surface area contributed by atoms with Crippen molar-refractivity contribution in [2.75, 3.05) is 0 Å². The Hall–Kier alpha value is -0.650. The van der Waals surface area contributed by atoms with Gasteiger partial charge in [0.2, 0.25) is 0 Å². The van der Waals surface area contributed by atoms with Gasteiger partial charge < -0.3 is 19.0 Å². The number of alkyl halides is 1. The maximum absolute atomic E-state index is 11.3. The van der Waals surface area contributed by atoms with Crippen LogP contribution in [0.15, 0.2) is 12.1 Å². The van der Waals surface area contributed by atoms with Crippen LogP contribution >= 0.6 is 18.3 Å². The third-order valence-corrected chi connectivity index (χ3v) is 3.31. The smallest absolute Gasteiger partial charge is 0.375 e. The number of rotatable bonds is 2. The van der Waals surface area contributed by atoms with E-state index in [9.17, 15) is 4.79 Å². The second kappa shape index (κ2) is 4.23. The molecule has 0 radical (unpaired) electrons. The first-order valence-corrected chi connectivity index (χ1v) is 7.60. The molecule has 5 nitrogen and oxygen atoms in total. The molecule has 0 aromatic heterocycles. The largest absolute Gasteiger partial charge is 0.421 e. The predicted molar refractivity (Wildman–Crippen MR) is 64.8 cm³/mol. The summed E-state index contributed by atoms with van der Waals surface area (Å²) >= 11 is 10.2. The molecule has 0 bridgehead atoms. The van der Waals surface area contributed by atoms with Gasteiger partial charge in [-0.2, -0.15) is 0 Å². The van der Waals surface area contributed by atoms with Crippen molar-refractivity contribution >= 4 is 36.1 Å². The molecule has 0 fully saturated rings. The Labute approximate surface area is 107 Å². The molecule has 1 aromatic carbocycles. The number of hydrogen-bond donors (Lipinski definition) is 2. The van der Waals surface area contributed by atoms with Crippen molar-refractivity contribution in [2.45, 2.75) is 12.3 Å². The van der Waals surface area contributed by atoms with Gasteiger partial charge in [0.05, 0.1) is 0 Å². The maximum atomic E-state index is 11.3.